The maximum Gasteiger partial charge on any atom is 0.346 e. The van der Waals surface area contributed by atoms with Gasteiger partial charge in [0.05, 0.1) is 44.5 Å². The first-order valence-corrected chi connectivity index (χ1v) is 37.9. The van der Waals surface area contributed by atoms with Crippen molar-refractivity contribution in [2.45, 2.75) is 7.43 Å². The molecule has 0 saturated heterocycles. The number of halogens is 2. The molecule has 18 nitrogen and oxygen atoms in total. The first-order valence-electron chi connectivity index (χ1n) is 36.4. The van der Waals surface area contributed by atoms with E-state index in [0.29, 0.717) is 27.6 Å². The summed E-state index contributed by atoms with van der Waals surface area (Å²) in [5.41, 5.74) is 32.7. The number of terminal acetylenes is 2. The number of anilines is 4. The number of carbonyl (C=O) groups excluding carboxylic acids is 9. The molecule has 20 heteroatoms. The molecule has 0 aromatic heterocycles. The molecule has 4 heterocycles. The monoisotopic (exact) mass is 1720 g/mol. The second kappa shape index (κ2) is 38.7. The lowest BCUT2D eigenvalue weighted by Gasteiger charge is -2.15. The van der Waals surface area contributed by atoms with Crippen LogP contribution in [0.5, 0.6) is 11.5 Å². The van der Waals surface area contributed by atoms with E-state index in [9.17, 15) is 43.2 Å². The van der Waals surface area contributed by atoms with Crippen LogP contribution in [0.3, 0.4) is 0 Å². The third-order valence-corrected chi connectivity index (χ3v) is 19.2. The summed E-state index contributed by atoms with van der Waals surface area (Å²) in [4.78, 5) is 105. The van der Waals surface area contributed by atoms with Crippen LogP contribution < -0.4 is 27.7 Å². The van der Waals surface area contributed by atoms with Gasteiger partial charge in [-0.25, -0.2) is 38.4 Å². The normalized spacial score (nSPS) is 11.6. The van der Waals surface area contributed by atoms with Gasteiger partial charge >= 0.3 is 47.8 Å². The van der Waals surface area contributed by atoms with Crippen molar-refractivity contribution in [3.05, 3.63) is 413 Å². The summed E-state index contributed by atoms with van der Waals surface area (Å²) in [7, 11) is 0. The number of nitrogen functional groups attached to an aromatic ring is 4. The van der Waals surface area contributed by atoms with Crippen LogP contribution >= 0.6 is 31.9 Å². The lowest BCUT2D eigenvalue weighted by Crippen LogP contribution is -2.19. The van der Waals surface area contributed by atoms with Crippen molar-refractivity contribution < 1.29 is 66.8 Å². The molecule has 19 rings (SSSR count). The molecule has 0 amide bonds. The molecule has 0 atom stereocenters. The highest BCUT2D eigenvalue weighted by Gasteiger charge is 2.34. The van der Waals surface area contributed by atoms with Gasteiger partial charge in [-0.3, -0.25) is 4.79 Å². The summed E-state index contributed by atoms with van der Waals surface area (Å²) in [6.45, 7) is 0. The Kier molecular flexibility index (Phi) is 26.8. The Hall–Kier alpha value is -16.9. The number of fused-ring (bicyclic) bond motifs is 3. The number of hydrogen-bond acceptors (Lipinski definition) is 18. The summed E-state index contributed by atoms with van der Waals surface area (Å²) in [6.07, 6.45) is 10.6. The van der Waals surface area contributed by atoms with Crippen molar-refractivity contribution in [2.75, 3.05) is 22.9 Å². The van der Waals surface area contributed by atoms with E-state index in [1.54, 1.807) is 66.7 Å². The third kappa shape index (κ3) is 20.7. The van der Waals surface area contributed by atoms with E-state index in [0.717, 1.165) is 114 Å². The molecule has 0 spiro atoms. The van der Waals surface area contributed by atoms with Crippen LogP contribution in [0.4, 0.5) is 22.7 Å². The molecule has 15 aromatic carbocycles. The van der Waals surface area contributed by atoms with Gasteiger partial charge in [0, 0.05) is 114 Å². The number of cyclic esters (lactones) is 8. The smallest absolute Gasteiger partial charge is 0.346 e. The highest BCUT2D eigenvalue weighted by molar-refractivity contribution is 9.10. The van der Waals surface area contributed by atoms with Crippen LogP contribution in [-0.4, -0.2) is 53.5 Å². The fraction of sp³-hybridized carbons (Fsp3) is 0.00980. The van der Waals surface area contributed by atoms with Gasteiger partial charge in [-0.15, -0.1) is 12.8 Å². The standard InChI is InChI=1S/C26H10O3.C18H10.C17H6O7.C14H12N2.C12H12N2O.C8H3BrO3.C6H5Br.CH4/c27-25-20-13-11-18-9-7-16-5-1-3-15-4-2-6-17(22(15)16)8-10-19-12-14-21(26(28)29-25)24(20)23(18)19;1-3-15-5-9-17(10-6-15)13-14-18-11-7-16(4-2)8-12-18;18-13(7-1-3-9-11(5-7)16(21)23-14(9)19)8-2-4-10-12(6-8)17(22)24-15(10)20;15-13-7-3-11(4-8-13)1-2-12-5-9-14(16)10-6-12;13-9-1-5-11(6-2-9)15-12-7-3-10(14)4-8-12;9-4-1-2-5-6(3-4)8(11)12-7(5)10;7-6-4-2-1-3-5-6;/h1-6,11-14H;1-2,5-12H;1-6H;3-10H,15-16H2;1-8H,13-14H2;1-3H;1-5H;1H4. The highest BCUT2D eigenvalue weighted by Crippen LogP contribution is 2.35. The minimum absolute atomic E-state index is 0. The van der Waals surface area contributed by atoms with Crippen molar-refractivity contribution >= 4 is 151 Å². The number of ether oxygens (including phenoxy) is 5. The fourth-order valence-electron chi connectivity index (χ4n) is 12.1. The second-order valence-electron chi connectivity index (χ2n) is 26.3. The number of nitrogens with two attached hydrogens (primary N) is 4. The van der Waals surface area contributed by atoms with Crippen LogP contribution in [0.15, 0.2) is 300 Å². The van der Waals surface area contributed by atoms with Crippen LogP contribution in [-0.2, 0) is 18.9 Å². The van der Waals surface area contributed by atoms with Gasteiger partial charge in [-0.1, -0.05) is 154 Å². The van der Waals surface area contributed by atoms with Crippen molar-refractivity contribution in [1.82, 2.24) is 0 Å². The average molecular weight is 1730 g/mol. The molecule has 4 aliphatic heterocycles. The van der Waals surface area contributed by atoms with E-state index in [4.69, 9.17) is 45.3 Å². The summed E-state index contributed by atoms with van der Waals surface area (Å²) in [5.74, 6) is 12.9. The van der Waals surface area contributed by atoms with E-state index in [2.05, 4.69) is 106 Å². The lowest BCUT2D eigenvalue weighted by atomic mass is 9.93. The van der Waals surface area contributed by atoms with Crippen molar-refractivity contribution in [1.29, 1.82) is 0 Å². The summed E-state index contributed by atoms with van der Waals surface area (Å²) in [6, 6.07) is 99.4. The van der Waals surface area contributed by atoms with Gasteiger partial charge in [-0.05, 0) is 242 Å². The molecule has 122 heavy (non-hydrogen) atoms. The molecule has 0 aliphatic carbocycles. The zero-order valence-electron chi connectivity index (χ0n) is 63.1. The van der Waals surface area contributed by atoms with Gasteiger partial charge in [0.1, 0.15) is 11.5 Å². The molecule has 0 bridgehead atoms. The molecule has 0 saturated carbocycles. The van der Waals surface area contributed by atoms with Crippen molar-refractivity contribution in [2.24, 2.45) is 0 Å². The Labute approximate surface area is 716 Å². The molecule has 15 aromatic rings. The molecule has 8 N–H and O–H groups in total. The predicted molar refractivity (Wildman–Crippen MR) is 475 cm³/mol. The molecule has 4 aliphatic rings. The topological polar surface area (TPSA) is 304 Å². The molecule has 0 unspecified atom stereocenters. The first-order chi connectivity index (χ1) is 58.5. The highest BCUT2D eigenvalue weighted by atomic mass is 79.9. The maximum absolute atomic E-state index is 12.5. The Morgan fingerprint density at radius 3 is 0.951 bits per heavy atom. The van der Waals surface area contributed by atoms with Crippen LogP contribution in [0.25, 0.3) is 43.1 Å². The third-order valence-electron chi connectivity index (χ3n) is 18.1. The average Bonchev–Trinajstić information content (AvgIpc) is 1.03. The number of ketones is 1. The maximum atomic E-state index is 12.5. The molecule has 0 radical (unpaired) electrons. The molecule has 0 fully saturated rings. The Bertz CT molecular complexity index is 6600. The van der Waals surface area contributed by atoms with Gasteiger partial charge in [-0.2, -0.15) is 0 Å². The first kappa shape index (κ1) is 84.5. The zero-order valence-corrected chi connectivity index (χ0v) is 66.3. The molecular weight excluding hydrogens is 1660 g/mol. The number of esters is 8. The van der Waals surface area contributed by atoms with Crippen LogP contribution in [0.1, 0.15) is 140 Å². The Morgan fingerprint density at radius 2 is 0.598 bits per heavy atom. The van der Waals surface area contributed by atoms with E-state index >= 15 is 0 Å². The SMILES string of the molecule is Brc1ccccc1.C.C#Cc1ccc(C#Cc2ccc(C#C)cc2)cc1.Nc1ccc(C#Cc2ccc(N)cc2)cc1.Nc1ccc(Oc2ccc(N)cc2)cc1.O=C(c1ccc2c(c1)C(=O)OC2=O)c1ccc2c(c1)C(=O)OC2=O.O=C1OC(=O)c2cc(Br)ccc21.O=C1OC(=O)c2ccc3c#cc4cccc5cccc(c#cc6ccc1c2c63)c45. The minimum Gasteiger partial charge on any atom is -0.457 e. The Balaban J connectivity index is 0.000000134. The lowest BCUT2D eigenvalue weighted by molar-refractivity contribution is 0.0381. The van der Waals surface area contributed by atoms with Crippen molar-refractivity contribution in [3.63, 3.8) is 0 Å². The van der Waals surface area contributed by atoms with E-state index in [1.165, 1.54) is 36.4 Å². The van der Waals surface area contributed by atoms with Crippen LogP contribution in [0, 0.1) is 72.6 Å². The molecule has 588 valence electrons. The summed E-state index contributed by atoms with van der Waals surface area (Å²) < 4.78 is 25.7. The van der Waals surface area contributed by atoms with E-state index in [-0.39, 0.29) is 40.8 Å². The second-order valence-corrected chi connectivity index (χ2v) is 28.1. The van der Waals surface area contributed by atoms with Gasteiger partial charge in [0.2, 0.25) is 0 Å². The largest absolute Gasteiger partial charge is 0.457 e. The predicted octanol–water partition coefficient (Wildman–Crippen LogP) is 19.7. The minimum atomic E-state index is -0.812. The number of benzene rings is 14. The Morgan fingerprint density at radius 1 is 0.295 bits per heavy atom. The number of rotatable bonds is 4. The quantitative estimate of drug-likeness (QED) is 0.0318. The number of carbonyl (C=O) groups is 9. The zero-order chi connectivity index (χ0) is 85.2. The van der Waals surface area contributed by atoms with E-state index < -0.39 is 53.5 Å². The van der Waals surface area contributed by atoms with Crippen LogP contribution in [0.2, 0.25) is 0 Å². The fourth-order valence-corrected chi connectivity index (χ4v) is 12.7. The van der Waals surface area contributed by atoms with E-state index in [1.807, 2.05) is 188 Å². The number of hydrogen-bond donors (Lipinski definition) is 4. The molecular formula is C102H62Br2N4O14. The summed E-state index contributed by atoms with van der Waals surface area (Å²) in [5, 5.41) is 6.65. The van der Waals surface area contributed by atoms with Gasteiger partial charge in [0.25, 0.3) is 0 Å². The van der Waals surface area contributed by atoms with Crippen molar-refractivity contribution in [3.8, 4) is 59.9 Å². The van der Waals surface area contributed by atoms with Gasteiger partial charge in [0.15, 0.2) is 5.78 Å². The summed E-state index contributed by atoms with van der Waals surface area (Å²) >= 11 is 6.50. The van der Waals surface area contributed by atoms with Gasteiger partial charge < -0.3 is 46.6 Å².